The number of ketones is 1. The van der Waals surface area contributed by atoms with Crippen molar-refractivity contribution in [3.63, 3.8) is 0 Å². The fourth-order valence-corrected chi connectivity index (χ4v) is 0.707. The number of hydrogen-bond acceptors (Lipinski definition) is 2. The number of allylic oxidation sites excluding steroid dienone is 1. The average Bonchev–Trinajstić information content (AvgIpc) is 1.77. The number of aliphatic hydroxyl groups is 1. The number of aliphatic hydroxyl groups excluding tert-OH is 1. The number of hydrogen-bond donors (Lipinski definition) is 1. The molecule has 1 aliphatic rings. The smallest absolute Gasteiger partial charge is 0.183 e. The van der Waals surface area contributed by atoms with Crippen molar-refractivity contribution in [2.45, 2.75) is 18.9 Å². The Morgan fingerprint density at radius 2 is 2.50 bits per heavy atom. The fraction of sp³-hybridized carbons (Fsp3) is 0.500. The minimum absolute atomic E-state index is 0.156. The second-order valence-corrected chi connectivity index (χ2v) is 1.90. The van der Waals surface area contributed by atoms with Gasteiger partial charge in [-0.3, -0.25) is 4.79 Å². The third-order valence-electron chi connectivity index (χ3n) is 1.22. The van der Waals surface area contributed by atoms with Crippen LogP contribution in [0.1, 0.15) is 12.8 Å². The summed E-state index contributed by atoms with van der Waals surface area (Å²) in [5, 5.41) is 8.78. The van der Waals surface area contributed by atoms with Gasteiger partial charge in [-0.15, -0.1) is 0 Å². The van der Waals surface area contributed by atoms with Crippen LogP contribution in [0.15, 0.2) is 12.2 Å². The Bertz CT molecular complexity index is 126. The largest absolute Gasteiger partial charge is 0.385 e. The van der Waals surface area contributed by atoms with Gasteiger partial charge in [0.15, 0.2) is 5.78 Å². The number of carbonyl (C=O) groups is 1. The van der Waals surface area contributed by atoms with E-state index in [9.17, 15) is 4.79 Å². The second kappa shape index (κ2) is 2.09. The summed E-state index contributed by atoms with van der Waals surface area (Å²) in [5.74, 6) is -0.156. The van der Waals surface area contributed by atoms with Crippen molar-refractivity contribution in [3.05, 3.63) is 12.2 Å². The molecule has 1 atom stereocenters. The van der Waals surface area contributed by atoms with Gasteiger partial charge in [0.25, 0.3) is 0 Å². The van der Waals surface area contributed by atoms with Gasteiger partial charge in [0.05, 0.1) is 0 Å². The van der Waals surface area contributed by atoms with Gasteiger partial charge >= 0.3 is 0 Å². The minimum atomic E-state index is -0.722. The van der Waals surface area contributed by atoms with Gasteiger partial charge in [0, 0.05) is 0 Å². The van der Waals surface area contributed by atoms with Crippen LogP contribution >= 0.6 is 0 Å². The van der Waals surface area contributed by atoms with Gasteiger partial charge in [-0.05, 0) is 18.9 Å². The SMILES string of the molecule is O=C1C=CCC[C@@H]1O. The highest BCUT2D eigenvalue weighted by molar-refractivity contribution is 5.93. The van der Waals surface area contributed by atoms with Gasteiger partial charge in [0.2, 0.25) is 0 Å². The van der Waals surface area contributed by atoms with Crippen molar-refractivity contribution in [2.24, 2.45) is 0 Å². The summed E-state index contributed by atoms with van der Waals surface area (Å²) in [5.41, 5.74) is 0. The van der Waals surface area contributed by atoms with Crippen LogP contribution in [0.25, 0.3) is 0 Å². The monoisotopic (exact) mass is 112 g/mol. The van der Waals surface area contributed by atoms with Crippen molar-refractivity contribution in [1.29, 1.82) is 0 Å². The molecule has 0 aromatic carbocycles. The van der Waals surface area contributed by atoms with E-state index in [1.807, 2.05) is 0 Å². The molecule has 0 radical (unpaired) electrons. The maximum Gasteiger partial charge on any atom is 0.183 e. The molecule has 0 aromatic rings. The molecule has 0 saturated heterocycles. The van der Waals surface area contributed by atoms with Crippen molar-refractivity contribution >= 4 is 5.78 Å². The van der Waals surface area contributed by atoms with E-state index in [4.69, 9.17) is 5.11 Å². The summed E-state index contributed by atoms with van der Waals surface area (Å²) in [7, 11) is 0. The van der Waals surface area contributed by atoms with Crippen molar-refractivity contribution < 1.29 is 9.90 Å². The summed E-state index contributed by atoms with van der Waals surface area (Å²) in [4.78, 5) is 10.5. The number of carbonyl (C=O) groups excluding carboxylic acids is 1. The summed E-state index contributed by atoms with van der Waals surface area (Å²) < 4.78 is 0. The molecular formula is C6H8O2. The first-order valence-corrected chi connectivity index (χ1v) is 2.69. The van der Waals surface area contributed by atoms with Crippen molar-refractivity contribution in [2.75, 3.05) is 0 Å². The van der Waals surface area contributed by atoms with Gasteiger partial charge in [-0.25, -0.2) is 0 Å². The molecule has 0 bridgehead atoms. The van der Waals surface area contributed by atoms with Crippen LogP contribution in [0.4, 0.5) is 0 Å². The first kappa shape index (κ1) is 5.51. The lowest BCUT2D eigenvalue weighted by Crippen LogP contribution is -2.19. The molecule has 2 heteroatoms. The Labute approximate surface area is 47.8 Å². The van der Waals surface area contributed by atoms with Crippen LogP contribution in [0.2, 0.25) is 0 Å². The van der Waals surface area contributed by atoms with Gasteiger partial charge < -0.3 is 5.11 Å². The molecule has 0 amide bonds. The van der Waals surface area contributed by atoms with Crippen LogP contribution in [-0.2, 0) is 4.79 Å². The summed E-state index contributed by atoms with van der Waals surface area (Å²) >= 11 is 0. The number of rotatable bonds is 0. The lowest BCUT2D eigenvalue weighted by atomic mass is 10.0. The zero-order valence-corrected chi connectivity index (χ0v) is 4.50. The highest BCUT2D eigenvalue weighted by Crippen LogP contribution is 2.05. The second-order valence-electron chi connectivity index (χ2n) is 1.90. The molecule has 0 aliphatic heterocycles. The molecule has 8 heavy (non-hydrogen) atoms. The lowest BCUT2D eigenvalue weighted by Gasteiger charge is -2.07. The van der Waals surface area contributed by atoms with E-state index in [1.54, 1.807) is 6.08 Å². The topological polar surface area (TPSA) is 37.3 Å². The molecule has 0 aromatic heterocycles. The van der Waals surface area contributed by atoms with E-state index in [-0.39, 0.29) is 5.78 Å². The Hall–Kier alpha value is -0.630. The Morgan fingerprint density at radius 3 is 2.88 bits per heavy atom. The average molecular weight is 112 g/mol. The molecule has 1 N–H and O–H groups in total. The van der Waals surface area contributed by atoms with E-state index in [0.717, 1.165) is 6.42 Å². The third kappa shape index (κ3) is 0.954. The highest BCUT2D eigenvalue weighted by atomic mass is 16.3. The van der Waals surface area contributed by atoms with Crippen molar-refractivity contribution in [1.82, 2.24) is 0 Å². The third-order valence-corrected chi connectivity index (χ3v) is 1.22. The molecule has 0 fully saturated rings. The van der Waals surface area contributed by atoms with E-state index in [0.29, 0.717) is 6.42 Å². The van der Waals surface area contributed by atoms with Crippen LogP contribution in [0.5, 0.6) is 0 Å². The molecule has 1 aliphatic carbocycles. The van der Waals surface area contributed by atoms with Crippen LogP contribution in [-0.4, -0.2) is 17.0 Å². The Balaban J connectivity index is 2.60. The standard InChI is InChI=1S/C6H8O2/c7-5-3-1-2-4-6(5)8/h1,3,6,8H,2,4H2/t6-/m0/s1. The van der Waals surface area contributed by atoms with Gasteiger partial charge in [0.1, 0.15) is 6.10 Å². The van der Waals surface area contributed by atoms with Crippen LogP contribution in [0.3, 0.4) is 0 Å². The quantitative estimate of drug-likeness (QED) is 0.488. The normalized spacial score (nSPS) is 28.6. The van der Waals surface area contributed by atoms with Crippen LogP contribution in [0, 0.1) is 0 Å². The predicted octanol–water partition coefficient (Wildman–Crippen LogP) is 0.266. The molecule has 0 saturated carbocycles. The summed E-state index contributed by atoms with van der Waals surface area (Å²) in [6.07, 6.45) is 3.92. The molecule has 0 heterocycles. The zero-order chi connectivity index (χ0) is 5.98. The van der Waals surface area contributed by atoms with Gasteiger partial charge in [-0.2, -0.15) is 0 Å². The Kier molecular flexibility index (Phi) is 1.44. The summed E-state index contributed by atoms with van der Waals surface area (Å²) in [6.45, 7) is 0. The van der Waals surface area contributed by atoms with Crippen molar-refractivity contribution in [3.8, 4) is 0 Å². The predicted molar refractivity (Wildman–Crippen MR) is 29.4 cm³/mol. The van der Waals surface area contributed by atoms with E-state index in [2.05, 4.69) is 0 Å². The highest BCUT2D eigenvalue weighted by Gasteiger charge is 2.13. The van der Waals surface area contributed by atoms with E-state index < -0.39 is 6.10 Å². The lowest BCUT2D eigenvalue weighted by molar-refractivity contribution is -0.122. The maximum absolute atomic E-state index is 10.5. The minimum Gasteiger partial charge on any atom is -0.385 e. The van der Waals surface area contributed by atoms with E-state index in [1.165, 1.54) is 6.08 Å². The van der Waals surface area contributed by atoms with Gasteiger partial charge in [-0.1, -0.05) is 6.08 Å². The first-order valence-electron chi connectivity index (χ1n) is 2.69. The Morgan fingerprint density at radius 1 is 1.75 bits per heavy atom. The van der Waals surface area contributed by atoms with Crippen LogP contribution < -0.4 is 0 Å². The molecular weight excluding hydrogens is 104 g/mol. The molecule has 0 unspecified atom stereocenters. The van der Waals surface area contributed by atoms with E-state index >= 15 is 0 Å². The first-order chi connectivity index (χ1) is 3.80. The summed E-state index contributed by atoms with van der Waals surface area (Å²) in [6, 6.07) is 0. The maximum atomic E-state index is 10.5. The fourth-order valence-electron chi connectivity index (χ4n) is 0.707. The zero-order valence-electron chi connectivity index (χ0n) is 4.50. The molecule has 2 nitrogen and oxygen atoms in total. The molecule has 1 rings (SSSR count). The molecule has 44 valence electrons. The molecule has 0 spiro atoms.